The summed E-state index contributed by atoms with van der Waals surface area (Å²) in [5, 5.41) is 7.67. The molecule has 122 valence electrons. The zero-order chi connectivity index (χ0) is 16.5. The first kappa shape index (κ1) is 15.0. The highest BCUT2D eigenvalue weighted by Gasteiger charge is 2.25. The van der Waals surface area contributed by atoms with E-state index in [1.807, 2.05) is 36.4 Å². The number of rotatable bonds is 3. The maximum Gasteiger partial charge on any atom is 0.263 e. The largest absolute Gasteiger partial charge is 0.497 e. The number of hydrogen-bond acceptors (Lipinski definition) is 4. The van der Waals surface area contributed by atoms with Crippen molar-refractivity contribution in [3.8, 4) is 5.75 Å². The average Bonchev–Trinajstić information content (AvgIpc) is 2.90. The Balaban J connectivity index is 1.72. The fourth-order valence-corrected chi connectivity index (χ4v) is 4.14. The molecule has 5 heteroatoms. The van der Waals surface area contributed by atoms with E-state index in [1.165, 1.54) is 16.9 Å². The number of hydrogen-bond donors (Lipinski definition) is 2. The van der Waals surface area contributed by atoms with Crippen LogP contribution in [0.1, 0.15) is 15.2 Å². The smallest absolute Gasteiger partial charge is 0.263 e. The molecule has 2 N–H and O–H groups in total. The monoisotopic (exact) mass is 338 g/mol. The molecule has 1 aliphatic rings. The molecule has 2 aromatic carbocycles. The van der Waals surface area contributed by atoms with E-state index >= 15 is 0 Å². The molecule has 0 saturated carbocycles. The van der Waals surface area contributed by atoms with E-state index in [0.717, 1.165) is 32.8 Å². The quantitative estimate of drug-likeness (QED) is 0.766. The third-order valence-corrected chi connectivity index (χ3v) is 5.45. The molecule has 24 heavy (non-hydrogen) atoms. The van der Waals surface area contributed by atoms with Crippen molar-refractivity contribution in [2.24, 2.45) is 0 Å². The molecule has 2 heterocycles. The highest BCUT2D eigenvalue weighted by Crippen LogP contribution is 2.39. The molecule has 1 aromatic heterocycles. The number of nitrogens with one attached hydrogen (secondary N) is 2. The van der Waals surface area contributed by atoms with Gasteiger partial charge in [0.05, 0.1) is 12.8 Å². The number of benzene rings is 2. The number of ether oxygens (including phenoxy) is 1. The lowest BCUT2D eigenvalue weighted by atomic mass is 10.1. The minimum absolute atomic E-state index is 0.00627. The van der Waals surface area contributed by atoms with Crippen molar-refractivity contribution in [3.63, 3.8) is 0 Å². The van der Waals surface area contributed by atoms with Gasteiger partial charge in [-0.1, -0.05) is 30.3 Å². The Kier molecular flexibility index (Phi) is 3.86. The normalized spacial score (nSPS) is 16.9. The molecular formula is C19H18N2O2S. The van der Waals surface area contributed by atoms with Crippen LogP contribution in [0, 0.1) is 0 Å². The summed E-state index contributed by atoms with van der Waals surface area (Å²) in [6.07, 6.45) is 0.863. The number of thiophene rings is 1. The van der Waals surface area contributed by atoms with Crippen LogP contribution in [0.3, 0.4) is 0 Å². The maximum atomic E-state index is 12.5. The second kappa shape index (κ2) is 6.17. The van der Waals surface area contributed by atoms with Gasteiger partial charge in [0.15, 0.2) is 0 Å². The molecule has 1 aliphatic heterocycles. The topological polar surface area (TPSA) is 50.4 Å². The molecule has 0 fully saturated rings. The van der Waals surface area contributed by atoms with Crippen molar-refractivity contribution < 1.29 is 9.53 Å². The molecule has 1 atom stereocenters. The molecule has 0 aliphatic carbocycles. The second-order valence-corrected chi connectivity index (χ2v) is 6.96. The molecule has 0 spiro atoms. The van der Waals surface area contributed by atoms with Gasteiger partial charge in [0.1, 0.15) is 10.6 Å². The van der Waals surface area contributed by atoms with Gasteiger partial charge in [-0.25, -0.2) is 0 Å². The van der Waals surface area contributed by atoms with E-state index in [9.17, 15) is 4.79 Å². The van der Waals surface area contributed by atoms with Crippen molar-refractivity contribution in [1.29, 1.82) is 0 Å². The Hall–Kier alpha value is -2.53. The predicted octanol–water partition coefficient (Wildman–Crippen LogP) is 3.68. The summed E-state index contributed by atoms with van der Waals surface area (Å²) in [6.45, 7) is 0.612. The minimum atomic E-state index is -0.00627. The third kappa shape index (κ3) is 2.71. The van der Waals surface area contributed by atoms with E-state index in [1.54, 1.807) is 7.11 Å². The molecule has 1 amide bonds. The van der Waals surface area contributed by atoms with E-state index in [-0.39, 0.29) is 11.9 Å². The number of carbonyl (C=O) groups excluding carboxylic acids is 1. The summed E-state index contributed by atoms with van der Waals surface area (Å²) < 4.78 is 6.43. The molecule has 0 saturated heterocycles. The SMILES string of the molecule is COc1ccc2sc3c(c2c1)N[C@H](Cc1ccccc1)CNC3=O. The summed E-state index contributed by atoms with van der Waals surface area (Å²) in [5.41, 5.74) is 2.18. The number of carbonyl (C=O) groups is 1. The van der Waals surface area contributed by atoms with Gasteiger partial charge in [0.25, 0.3) is 5.91 Å². The Morgan fingerprint density at radius 2 is 2.04 bits per heavy atom. The maximum absolute atomic E-state index is 12.5. The molecule has 0 unspecified atom stereocenters. The van der Waals surface area contributed by atoms with Gasteiger partial charge in [-0.3, -0.25) is 4.79 Å². The fraction of sp³-hybridized carbons (Fsp3) is 0.211. The van der Waals surface area contributed by atoms with Gasteiger partial charge in [0.2, 0.25) is 0 Å². The lowest BCUT2D eigenvalue weighted by molar-refractivity contribution is 0.0959. The van der Waals surface area contributed by atoms with E-state index in [0.29, 0.717) is 6.54 Å². The first-order chi connectivity index (χ1) is 11.7. The van der Waals surface area contributed by atoms with Gasteiger partial charge in [0, 0.05) is 22.7 Å². The van der Waals surface area contributed by atoms with Gasteiger partial charge < -0.3 is 15.4 Å². The molecule has 0 radical (unpaired) electrons. The Bertz CT molecular complexity index is 889. The van der Waals surface area contributed by atoms with Crippen molar-refractivity contribution in [2.75, 3.05) is 19.0 Å². The number of amides is 1. The summed E-state index contributed by atoms with van der Waals surface area (Å²) in [5.74, 6) is 0.794. The van der Waals surface area contributed by atoms with Crippen LogP contribution in [0.5, 0.6) is 5.75 Å². The molecular weight excluding hydrogens is 320 g/mol. The standard InChI is InChI=1S/C19H18N2O2S/c1-23-14-7-8-16-15(10-14)17-18(24-16)19(22)20-11-13(21-17)9-12-5-3-2-4-6-12/h2-8,10,13,21H,9,11H2,1H3,(H,20,22)/t13-/m1/s1. The van der Waals surface area contributed by atoms with Gasteiger partial charge >= 0.3 is 0 Å². The Labute approximate surface area is 144 Å². The lowest BCUT2D eigenvalue weighted by Crippen LogP contribution is -2.34. The van der Waals surface area contributed by atoms with Crippen LogP contribution in [-0.2, 0) is 6.42 Å². The van der Waals surface area contributed by atoms with Gasteiger partial charge in [-0.15, -0.1) is 11.3 Å². The Morgan fingerprint density at radius 1 is 1.21 bits per heavy atom. The van der Waals surface area contributed by atoms with E-state index in [2.05, 4.69) is 22.8 Å². The predicted molar refractivity (Wildman–Crippen MR) is 98.3 cm³/mol. The van der Waals surface area contributed by atoms with Crippen molar-refractivity contribution >= 4 is 33.0 Å². The molecule has 4 rings (SSSR count). The highest BCUT2D eigenvalue weighted by molar-refractivity contribution is 7.21. The first-order valence-electron chi connectivity index (χ1n) is 7.94. The van der Waals surface area contributed by atoms with Crippen LogP contribution in [0.2, 0.25) is 0 Å². The van der Waals surface area contributed by atoms with Gasteiger partial charge in [-0.2, -0.15) is 0 Å². The van der Waals surface area contributed by atoms with Crippen LogP contribution in [0.15, 0.2) is 48.5 Å². The molecule has 0 bridgehead atoms. The zero-order valence-electron chi connectivity index (χ0n) is 13.3. The molecule has 3 aromatic rings. The summed E-state index contributed by atoms with van der Waals surface area (Å²) >= 11 is 1.52. The molecule has 4 nitrogen and oxygen atoms in total. The first-order valence-corrected chi connectivity index (χ1v) is 8.75. The highest BCUT2D eigenvalue weighted by atomic mass is 32.1. The summed E-state index contributed by atoms with van der Waals surface area (Å²) in [6, 6.07) is 16.4. The summed E-state index contributed by atoms with van der Waals surface area (Å²) in [4.78, 5) is 13.2. The second-order valence-electron chi connectivity index (χ2n) is 5.91. The van der Waals surface area contributed by atoms with Crippen LogP contribution in [-0.4, -0.2) is 25.6 Å². The van der Waals surface area contributed by atoms with Crippen molar-refractivity contribution in [2.45, 2.75) is 12.5 Å². The van der Waals surface area contributed by atoms with E-state index in [4.69, 9.17) is 4.74 Å². The average molecular weight is 338 g/mol. The number of anilines is 1. The van der Waals surface area contributed by atoms with Crippen LogP contribution < -0.4 is 15.4 Å². The third-order valence-electron chi connectivity index (χ3n) is 4.28. The summed E-state index contributed by atoms with van der Waals surface area (Å²) in [7, 11) is 1.66. The van der Waals surface area contributed by atoms with Gasteiger partial charge in [-0.05, 0) is 30.2 Å². The Morgan fingerprint density at radius 3 is 2.83 bits per heavy atom. The van der Waals surface area contributed by atoms with Crippen molar-refractivity contribution in [1.82, 2.24) is 5.32 Å². The van der Waals surface area contributed by atoms with E-state index < -0.39 is 0 Å². The zero-order valence-corrected chi connectivity index (χ0v) is 14.2. The minimum Gasteiger partial charge on any atom is -0.497 e. The fourth-order valence-electron chi connectivity index (χ4n) is 3.08. The number of fused-ring (bicyclic) bond motifs is 3. The van der Waals surface area contributed by atoms with Crippen LogP contribution in [0.25, 0.3) is 10.1 Å². The lowest BCUT2D eigenvalue weighted by Gasteiger charge is -2.17. The van der Waals surface area contributed by atoms with Crippen molar-refractivity contribution in [3.05, 3.63) is 59.0 Å². The van der Waals surface area contributed by atoms with Crippen LogP contribution in [0.4, 0.5) is 5.69 Å². The number of methoxy groups -OCH3 is 1. The van der Waals surface area contributed by atoms with Crippen LogP contribution >= 0.6 is 11.3 Å².